The molecule has 1 atom stereocenters. The number of ether oxygens (including phenoxy) is 1. The maximum absolute atomic E-state index is 9.91. The minimum Gasteiger partial charge on any atom is -0.467 e. The van der Waals surface area contributed by atoms with E-state index in [2.05, 4.69) is 5.10 Å². The summed E-state index contributed by atoms with van der Waals surface area (Å²) in [6, 6.07) is 3.66. The van der Waals surface area contributed by atoms with Crippen molar-refractivity contribution in [2.24, 2.45) is 7.05 Å². The smallest absolute Gasteiger partial charge is 0.129 e. The zero-order chi connectivity index (χ0) is 14.4. The average Bonchev–Trinajstić information content (AvgIpc) is 3.01. The van der Waals surface area contributed by atoms with Crippen LogP contribution in [-0.2, 0) is 24.9 Å². The number of aryl methyl sites for hydroxylation is 1. The van der Waals surface area contributed by atoms with Gasteiger partial charge in [0.1, 0.15) is 12.4 Å². The van der Waals surface area contributed by atoms with Gasteiger partial charge < -0.3 is 14.3 Å². The number of hydrogen-bond donors (Lipinski definition) is 1. The summed E-state index contributed by atoms with van der Waals surface area (Å²) in [5, 5.41) is 14.0. The molecule has 6 nitrogen and oxygen atoms in total. The van der Waals surface area contributed by atoms with Gasteiger partial charge in [0.15, 0.2) is 0 Å². The predicted octanol–water partition coefficient (Wildman–Crippen LogP) is 1.02. The summed E-state index contributed by atoms with van der Waals surface area (Å²) in [6.07, 6.45) is 4.88. The molecule has 1 unspecified atom stereocenters. The summed E-state index contributed by atoms with van der Waals surface area (Å²) in [5.41, 5.74) is 1.12. The van der Waals surface area contributed by atoms with Crippen LogP contribution in [0.2, 0.25) is 0 Å². The first-order valence-electron chi connectivity index (χ1n) is 6.57. The summed E-state index contributed by atoms with van der Waals surface area (Å²) < 4.78 is 12.3. The summed E-state index contributed by atoms with van der Waals surface area (Å²) in [6.45, 7) is 1.98. The monoisotopic (exact) mass is 279 g/mol. The Morgan fingerprint density at radius 1 is 1.55 bits per heavy atom. The lowest BCUT2D eigenvalue weighted by Crippen LogP contribution is -2.31. The zero-order valence-corrected chi connectivity index (χ0v) is 11.9. The molecule has 20 heavy (non-hydrogen) atoms. The van der Waals surface area contributed by atoms with Crippen molar-refractivity contribution in [3.8, 4) is 0 Å². The van der Waals surface area contributed by atoms with Crippen LogP contribution in [0.1, 0.15) is 11.3 Å². The first kappa shape index (κ1) is 14.8. The highest BCUT2D eigenvalue weighted by molar-refractivity contribution is 5.03. The van der Waals surface area contributed by atoms with Crippen LogP contribution in [0.3, 0.4) is 0 Å². The van der Waals surface area contributed by atoms with E-state index in [1.807, 2.05) is 43.5 Å². The highest BCUT2D eigenvalue weighted by atomic mass is 16.5. The summed E-state index contributed by atoms with van der Waals surface area (Å²) in [7, 11) is 3.85. The van der Waals surface area contributed by atoms with Crippen molar-refractivity contribution in [3.63, 3.8) is 0 Å². The second-order valence-corrected chi connectivity index (χ2v) is 4.97. The lowest BCUT2D eigenvalue weighted by atomic mass is 10.3. The normalized spacial score (nSPS) is 13.0. The van der Waals surface area contributed by atoms with Gasteiger partial charge in [0.05, 0.1) is 25.2 Å². The Bertz CT molecular complexity index is 495. The molecule has 0 aliphatic carbocycles. The third-order valence-corrected chi connectivity index (χ3v) is 2.87. The molecule has 0 radical (unpaired) electrons. The molecule has 110 valence electrons. The Kier molecular flexibility index (Phi) is 5.34. The van der Waals surface area contributed by atoms with Gasteiger partial charge in [-0.3, -0.25) is 9.58 Å². The number of aromatic nitrogens is 2. The van der Waals surface area contributed by atoms with E-state index in [1.165, 1.54) is 0 Å². The third-order valence-electron chi connectivity index (χ3n) is 2.87. The average molecular weight is 279 g/mol. The number of likely N-dealkylation sites (N-methyl/N-ethyl adjacent to an activating group) is 1. The Labute approximate surface area is 118 Å². The second-order valence-electron chi connectivity index (χ2n) is 4.97. The van der Waals surface area contributed by atoms with Crippen LogP contribution < -0.4 is 0 Å². The van der Waals surface area contributed by atoms with Gasteiger partial charge in [-0.1, -0.05) is 0 Å². The topological polar surface area (TPSA) is 63.7 Å². The molecule has 2 heterocycles. The number of hydrogen-bond acceptors (Lipinski definition) is 5. The molecule has 0 aliphatic rings. The largest absolute Gasteiger partial charge is 0.467 e. The number of furan rings is 1. The first-order valence-corrected chi connectivity index (χ1v) is 6.57. The minimum absolute atomic E-state index is 0.290. The third kappa shape index (κ3) is 4.80. The molecule has 0 saturated heterocycles. The highest BCUT2D eigenvalue weighted by Crippen LogP contribution is 2.04. The highest BCUT2D eigenvalue weighted by Gasteiger charge is 2.10. The van der Waals surface area contributed by atoms with Gasteiger partial charge in [-0.15, -0.1) is 0 Å². The van der Waals surface area contributed by atoms with Crippen LogP contribution >= 0.6 is 0 Å². The van der Waals surface area contributed by atoms with E-state index in [-0.39, 0.29) is 6.61 Å². The van der Waals surface area contributed by atoms with Crippen LogP contribution in [0.5, 0.6) is 0 Å². The maximum Gasteiger partial charge on any atom is 0.129 e. The van der Waals surface area contributed by atoms with Crippen molar-refractivity contribution in [1.82, 2.24) is 14.7 Å². The van der Waals surface area contributed by atoms with Crippen molar-refractivity contribution >= 4 is 0 Å². The van der Waals surface area contributed by atoms with E-state index >= 15 is 0 Å². The number of aliphatic hydroxyl groups excluding tert-OH is 1. The molecule has 0 spiro atoms. The molecule has 0 saturated carbocycles. The van der Waals surface area contributed by atoms with E-state index in [0.717, 1.165) is 17.9 Å². The molecule has 2 rings (SSSR count). The minimum atomic E-state index is -0.522. The van der Waals surface area contributed by atoms with Crippen LogP contribution in [0.15, 0.2) is 35.2 Å². The molecular weight excluding hydrogens is 258 g/mol. The fourth-order valence-electron chi connectivity index (χ4n) is 2.03. The summed E-state index contributed by atoms with van der Waals surface area (Å²) in [4.78, 5) is 2.04. The molecular formula is C14H21N3O3. The Balaban J connectivity index is 1.64. The van der Waals surface area contributed by atoms with Gasteiger partial charge in [-0.05, 0) is 19.2 Å². The number of rotatable bonds is 8. The lowest BCUT2D eigenvalue weighted by molar-refractivity contribution is 0.00768. The summed E-state index contributed by atoms with van der Waals surface area (Å²) in [5.74, 6) is 0.765. The molecule has 2 aromatic heterocycles. The van der Waals surface area contributed by atoms with Gasteiger partial charge in [-0.25, -0.2) is 0 Å². The van der Waals surface area contributed by atoms with E-state index in [1.54, 1.807) is 10.9 Å². The van der Waals surface area contributed by atoms with Crippen molar-refractivity contribution < 1.29 is 14.3 Å². The number of nitrogens with zero attached hydrogens (tertiary/aromatic N) is 3. The molecule has 0 aromatic carbocycles. The Hall–Kier alpha value is -1.63. The predicted molar refractivity (Wildman–Crippen MR) is 73.9 cm³/mol. The van der Waals surface area contributed by atoms with Crippen molar-refractivity contribution in [2.45, 2.75) is 19.3 Å². The van der Waals surface area contributed by atoms with Gasteiger partial charge in [0, 0.05) is 31.9 Å². The van der Waals surface area contributed by atoms with Crippen molar-refractivity contribution in [1.29, 1.82) is 0 Å². The molecule has 2 aromatic rings. The van der Waals surface area contributed by atoms with Crippen LogP contribution in [-0.4, -0.2) is 46.1 Å². The molecule has 0 fully saturated rings. The van der Waals surface area contributed by atoms with Crippen LogP contribution in [0.25, 0.3) is 0 Å². The maximum atomic E-state index is 9.91. The Morgan fingerprint density at radius 3 is 3.05 bits per heavy atom. The van der Waals surface area contributed by atoms with Crippen molar-refractivity contribution in [2.75, 3.05) is 20.2 Å². The van der Waals surface area contributed by atoms with Crippen molar-refractivity contribution in [3.05, 3.63) is 42.1 Å². The molecule has 0 aliphatic heterocycles. The van der Waals surface area contributed by atoms with E-state index in [0.29, 0.717) is 13.2 Å². The van der Waals surface area contributed by atoms with Crippen LogP contribution in [0, 0.1) is 0 Å². The SMILES string of the molecule is CN(Cc1cnn(C)c1)CC(O)COCc1ccco1. The first-order chi connectivity index (χ1) is 9.63. The molecule has 6 heteroatoms. The molecule has 1 N–H and O–H groups in total. The van der Waals surface area contributed by atoms with Gasteiger partial charge in [0.2, 0.25) is 0 Å². The van der Waals surface area contributed by atoms with E-state index in [9.17, 15) is 5.11 Å². The second kappa shape index (κ2) is 7.23. The van der Waals surface area contributed by atoms with Gasteiger partial charge in [-0.2, -0.15) is 5.10 Å². The summed E-state index contributed by atoms with van der Waals surface area (Å²) >= 11 is 0. The van der Waals surface area contributed by atoms with Crippen LogP contribution in [0.4, 0.5) is 0 Å². The standard InChI is InChI=1S/C14H21N3O3/c1-16(7-12-6-15-17(2)8-12)9-13(18)10-19-11-14-4-3-5-20-14/h3-6,8,13,18H,7,9-11H2,1-2H3. The molecule has 0 bridgehead atoms. The van der Waals surface area contributed by atoms with E-state index < -0.39 is 6.10 Å². The van der Waals surface area contributed by atoms with Gasteiger partial charge >= 0.3 is 0 Å². The number of aliphatic hydroxyl groups is 1. The van der Waals surface area contributed by atoms with E-state index in [4.69, 9.17) is 9.15 Å². The quantitative estimate of drug-likeness (QED) is 0.781. The zero-order valence-electron chi connectivity index (χ0n) is 11.9. The fraction of sp³-hybridized carbons (Fsp3) is 0.500. The van der Waals surface area contributed by atoms with Gasteiger partial charge in [0.25, 0.3) is 0 Å². The lowest BCUT2D eigenvalue weighted by Gasteiger charge is -2.19. The fourth-order valence-corrected chi connectivity index (χ4v) is 2.03. The Morgan fingerprint density at radius 2 is 2.40 bits per heavy atom. The molecule has 0 amide bonds.